The van der Waals surface area contributed by atoms with Crippen LogP contribution < -0.4 is 5.73 Å². The van der Waals surface area contributed by atoms with E-state index in [0.717, 1.165) is 18.4 Å². The molecule has 12 heavy (non-hydrogen) atoms. The van der Waals surface area contributed by atoms with E-state index in [1.807, 2.05) is 0 Å². The zero-order valence-electron chi connectivity index (χ0n) is 8.97. The van der Waals surface area contributed by atoms with E-state index in [4.69, 9.17) is 5.73 Å². The molecule has 0 saturated heterocycles. The third-order valence-electron chi connectivity index (χ3n) is 2.59. The highest BCUT2D eigenvalue weighted by molar-refractivity contribution is 4.58. The lowest BCUT2D eigenvalue weighted by molar-refractivity contribution is 0.398. The Morgan fingerprint density at radius 1 is 0.917 bits per heavy atom. The number of nitrogens with two attached hydrogens (primary N) is 1. The second-order valence-electron chi connectivity index (χ2n) is 4.15. The fraction of sp³-hybridized carbons (Fsp3) is 1.00. The largest absolute Gasteiger partial charge is 0.330 e. The zero-order chi connectivity index (χ0) is 9.40. The van der Waals surface area contributed by atoms with Gasteiger partial charge < -0.3 is 5.73 Å². The van der Waals surface area contributed by atoms with Crippen LogP contribution >= 0.6 is 0 Å². The minimum atomic E-state index is 0.828. The lowest BCUT2D eigenvalue weighted by atomic mass is 9.93. The zero-order valence-corrected chi connectivity index (χ0v) is 8.97. The van der Waals surface area contributed by atoms with Gasteiger partial charge in [-0.1, -0.05) is 46.5 Å². The van der Waals surface area contributed by atoms with Crippen molar-refractivity contribution >= 4 is 0 Å². The van der Waals surface area contributed by atoms with E-state index in [-0.39, 0.29) is 0 Å². The van der Waals surface area contributed by atoms with Gasteiger partial charge in [-0.25, -0.2) is 0 Å². The van der Waals surface area contributed by atoms with E-state index in [9.17, 15) is 0 Å². The Labute approximate surface area is 77.7 Å². The van der Waals surface area contributed by atoms with Crippen LogP contribution in [0.2, 0.25) is 0 Å². The van der Waals surface area contributed by atoms with E-state index in [0.29, 0.717) is 0 Å². The van der Waals surface area contributed by atoms with Crippen LogP contribution in [0.3, 0.4) is 0 Å². The summed E-state index contributed by atoms with van der Waals surface area (Å²) in [5.74, 6) is 1.74. The molecule has 0 saturated carbocycles. The van der Waals surface area contributed by atoms with E-state index >= 15 is 0 Å². The lowest BCUT2D eigenvalue weighted by Gasteiger charge is -2.13. The molecule has 0 aromatic rings. The predicted molar refractivity (Wildman–Crippen MR) is 56.1 cm³/mol. The number of rotatable bonds is 7. The first-order valence-electron chi connectivity index (χ1n) is 5.40. The summed E-state index contributed by atoms with van der Waals surface area (Å²) in [6.45, 7) is 7.79. The topological polar surface area (TPSA) is 26.0 Å². The molecule has 1 nitrogen and oxygen atoms in total. The van der Waals surface area contributed by atoms with Gasteiger partial charge in [0.2, 0.25) is 0 Å². The van der Waals surface area contributed by atoms with Gasteiger partial charge in [-0.05, 0) is 24.8 Å². The first-order chi connectivity index (χ1) is 5.70. The highest BCUT2D eigenvalue weighted by Gasteiger charge is 2.04. The average Bonchev–Trinajstić information content (AvgIpc) is 2.02. The van der Waals surface area contributed by atoms with E-state index in [1.54, 1.807) is 0 Å². The minimum absolute atomic E-state index is 0.828. The second kappa shape index (κ2) is 7.60. The smallest absolute Gasteiger partial charge is 0.00747 e. The van der Waals surface area contributed by atoms with Gasteiger partial charge in [-0.2, -0.15) is 0 Å². The molecule has 0 fully saturated rings. The Balaban J connectivity index is 3.27. The van der Waals surface area contributed by atoms with Crippen molar-refractivity contribution in [3.63, 3.8) is 0 Å². The minimum Gasteiger partial charge on any atom is -0.330 e. The summed E-state index contributed by atoms with van der Waals surface area (Å²) in [6.07, 6.45) is 6.65. The van der Waals surface area contributed by atoms with Crippen molar-refractivity contribution in [1.29, 1.82) is 0 Å². The SMILES string of the molecule is CCCC(C)CCC(C)CCN. The van der Waals surface area contributed by atoms with Crippen LogP contribution in [0.15, 0.2) is 0 Å². The average molecular weight is 171 g/mol. The Bertz CT molecular complexity index is 79.0. The van der Waals surface area contributed by atoms with Gasteiger partial charge in [0, 0.05) is 0 Å². The summed E-state index contributed by atoms with van der Waals surface area (Å²) >= 11 is 0. The Morgan fingerprint density at radius 2 is 1.42 bits per heavy atom. The van der Waals surface area contributed by atoms with Crippen LogP contribution in [0.25, 0.3) is 0 Å². The van der Waals surface area contributed by atoms with Crippen LogP contribution in [-0.4, -0.2) is 6.54 Å². The molecule has 1 heteroatoms. The molecule has 2 atom stereocenters. The first kappa shape index (κ1) is 12.0. The molecule has 0 bridgehead atoms. The highest BCUT2D eigenvalue weighted by atomic mass is 14.5. The molecule has 0 aromatic carbocycles. The van der Waals surface area contributed by atoms with Crippen LogP contribution in [0, 0.1) is 11.8 Å². The second-order valence-corrected chi connectivity index (χ2v) is 4.15. The number of hydrogen-bond acceptors (Lipinski definition) is 1. The highest BCUT2D eigenvalue weighted by Crippen LogP contribution is 2.17. The van der Waals surface area contributed by atoms with Crippen LogP contribution in [0.5, 0.6) is 0 Å². The van der Waals surface area contributed by atoms with E-state index < -0.39 is 0 Å². The van der Waals surface area contributed by atoms with Crippen LogP contribution in [0.4, 0.5) is 0 Å². The fourth-order valence-electron chi connectivity index (χ4n) is 1.64. The molecule has 0 aromatic heterocycles. The molecule has 0 aliphatic rings. The van der Waals surface area contributed by atoms with E-state index in [1.165, 1.54) is 32.1 Å². The molecule has 2 unspecified atom stereocenters. The molecule has 0 aliphatic carbocycles. The molecule has 0 aliphatic heterocycles. The van der Waals surface area contributed by atoms with Crippen LogP contribution in [-0.2, 0) is 0 Å². The van der Waals surface area contributed by atoms with E-state index in [2.05, 4.69) is 20.8 Å². The molecule has 0 spiro atoms. The fourth-order valence-corrected chi connectivity index (χ4v) is 1.64. The van der Waals surface area contributed by atoms with Crippen molar-refractivity contribution < 1.29 is 0 Å². The Kier molecular flexibility index (Phi) is 7.58. The first-order valence-corrected chi connectivity index (χ1v) is 5.40. The van der Waals surface area contributed by atoms with Gasteiger partial charge in [0.25, 0.3) is 0 Å². The summed E-state index contributed by atoms with van der Waals surface area (Å²) in [5, 5.41) is 0. The third kappa shape index (κ3) is 6.66. The summed E-state index contributed by atoms with van der Waals surface area (Å²) in [6, 6.07) is 0. The van der Waals surface area contributed by atoms with Gasteiger partial charge in [0.1, 0.15) is 0 Å². The van der Waals surface area contributed by atoms with Gasteiger partial charge in [-0.3, -0.25) is 0 Å². The third-order valence-corrected chi connectivity index (χ3v) is 2.59. The van der Waals surface area contributed by atoms with Gasteiger partial charge >= 0.3 is 0 Å². The summed E-state index contributed by atoms with van der Waals surface area (Å²) in [4.78, 5) is 0. The molecule has 0 heterocycles. The standard InChI is InChI=1S/C11H25N/c1-4-5-10(2)6-7-11(3)8-9-12/h10-11H,4-9,12H2,1-3H3. The van der Waals surface area contributed by atoms with Gasteiger partial charge in [0.15, 0.2) is 0 Å². The quantitative estimate of drug-likeness (QED) is 0.625. The van der Waals surface area contributed by atoms with Gasteiger partial charge in [0.05, 0.1) is 0 Å². The van der Waals surface area contributed by atoms with Crippen molar-refractivity contribution in [2.45, 2.75) is 52.9 Å². The maximum Gasteiger partial charge on any atom is -0.00747 e. The number of hydrogen-bond donors (Lipinski definition) is 1. The summed E-state index contributed by atoms with van der Waals surface area (Å²) < 4.78 is 0. The maximum atomic E-state index is 5.49. The molecule has 2 N–H and O–H groups in total. The van der Waals surface area contributed by atoms with Crippen molar-refractivity contribution in [3.05, 3.63) is 0 Å². The summed E-state index contributed by atoms with van der Waals surface area (Å²) in [5.41, 5.74) is 5.49. The Hall–Kier alpha value is -0.0400. The monoisotopic (exact) mass is 171 g/mol. The summed E-state index contributed by atoms with van der Waals surface area (Å²) in [7, 11) is 0. The van der Waals surface area contributed by atoms with Crippen molar-refractivity contribution in [2.24, 2.45) is 17.6 Å². The molecule has 0 rings (SSSR count). The predicted octanol–water partition coefficient (Wildman–Crippen LogP) is 3.19. The normalized spacial score (nSPS) is 16.0. The van der Waals surface area contributed by atoms with Crippen LogP contribution in [0.1, 0.15) is 52.9 Å². The molecule has 0 amide bonds. The lowest BCUT2D eigenvalue weighted by Crippen LogP contribution is -2.07. The van der Waals surface area contributed by atoms with Crippen molar-refractivity contribution in [1.82, 2.24) is 0 Å². The van der Waals surface area contributed by atoms with Crippen molar-refractivity contribution in [2.75, 3.05) is 6.54 Å². The van der Waals surface area contributed by atoms with Crippen molar-refractivity contribution in [3.8, 4) is 0 Å². The molecular weight excluding hydrogens is 146 g/mol. The molecule has 0 radical (unpaired) electrons. The maximum absolute atomic E-state index is 5.49. The Morgan fingerprint density at radius 3 is 1.83 bits per heavy atom. The van der Waals surface area contributed by atoms with Gasteiger partial charge in [-0.15, -0.1) is 0 Å². The molecular formula is C11H25N. The molecule has 74 valence electrons.